The van der Waals surface area contributed by atoms with Gasteiger partial charge in [-0.2, -0.15) is 5.26 Å². The van der Waals surface area contributed by atoms with Crippen molar-refractivity contribution in [2.75, 3.05) is 31.6 Å². The maximum absolute atomic E-state index is 13.2. The molecule has 1 atom stereocenters. The molecule has 184 valence electrons. The predicted octanol–water partition coefficient (Wildman–Crippen LogP) is 5.01. The Kier molecular flexibility index (Phi) is 9.85. The van der Waals surface area contributed by atoms with E-state index in [0.29, 0.717) is 30.0 Å². The minimum atomic E-state index is -1.04. The van der Waals surface area contributed by atoms with E-state index < -0.39 is 5.92 Å². The third kappa shape index (κ3) is 6.92. The van der Waals surface area contributed by atoms with Gasteiger partial charge in [-0.25, -0.2) is 9.97 Å². The SMILES string of the molecule is CCCCN(CCCC)c1nc2ccccc2nc1[C@H](C#N)C(=O)NCCc1ccc(OC)cc1. The van der Waals surface area contributed by atoms with E-state index in [4.69, 9.17) is 14.7 Å². The summed E-state index contributed by atoms with van der Waals surface area (Å²) in [5, 5.41) is 13.0. The zero-order valence-corrected chi connectivity index (χ0v) is 21.0. The van der Waals surface area contributed by atoms with Gasteiger partial charge >= 0.3 is 0 Å². The summed E-state index contributed by atoms with van der Waals surface area (Å²) in [4.78, 5) is 25.0. The van der Waals surface area contributed by atoms with E-state index in [-0.39, 0.29) is 5.91 Å². The van der Waals surface area contributed by atoms with Gasteiger partial charge in [0, 0.05) is 19.6 Å². The summed E-state index contributed by atoms with van der Waals surface area (Å²) in [6.45, 7) is 6.36. The molecule has 1 N–H and O–H groups in total. The van der Waals surface area contributed by atoms with Crippen LogP contribution in [0.1, 0.15) is 56.7 Å². The van der Waals surface area contributed by atoms with Gasteiger partial charge in [0.15, 0.2) is 11.7 Å². The number of anilines is 1. The minimum Gasteiger partial charge on any atom is -0.497 e. The van der Waals surface area contributed by atoms with Crippen molar-refractivity contribution in [3.8, 4) is 11.8 Å². The summed E-state index contributed by atoms with van der Waals surface area (Å²) >= 11 is 0. The van der Waals surface area contributed by atoms with Gasteiger partial charge < -0.3 is 15.0 Å². The Morgan fingerprint density at radius 1 is 1.03 bits per heavy atom. The summed E-state index contributed by atoms with van der Waals surface area (Å²) in [5.74, 6) is 0.0457. The molecular weight excluding hydrogens is 438 g/mol. The van der Waals surface area contributed by atoms with Crippen LogP contribution in [0.5, 0.6) is 5.75 Å². The third-order valence-corrected chi connectivity index (χ3v) is 5.98. The lowest BCUT2D eigenvalue weighted by molar-refractivity contribution is -0.121. The van der Waals surface area contributed by atoms with Crippen molar-refractivity contribution in [2.24, 2.45) is 0 Å². The van der Waals surface area contributed by atoms with Crippen LogP contribution in [-0.2, 0) is 11.2 Å². The van der Waals surface area contributed by atoms with Gasteiger partial charge in [-0.05, 0) is 49.1 Å². The molecule has 1 amide bonds. The zero-order chi connectivity index (χ0) is 25.0. The second-order valence-corrected chi connectivity index (χ2v) is 8.57. The largest absolute Gasteiger partial charge is 0.497 e. The number of nitriles is 1. The Morgan fingerprint density at radius 2 is 1.66 bits per heavy atom. The van der Waals surface area contributed by atoms with Gasteiger partial charge in [0.2, 0.25) is 5.91 Å². The molecule has 7 heteroatoms. The average Bonchev–Trinajstić information content (AvgIpc) is 2.89. The van der Waals surface area contributed by atoms with Crippen molar-refractivity contribution in [3.05, 3.63) is 59.8 Å². The first kappa shape index (κ1) is 26.0. The molecule has 0 aliphatic carbocycles. The topological polar surface area (TPSA) is 91.1 Å². The summed E-state index contributed by atoms with van der Waals surface area (Å²) in [7, 11) is 1.63. The van der Waals surface area contributed by atoms with E-state index in [2.05, 4.69) is 30.1 Å². The van der Waals surface area contributed by atoms with Crippen molar-refractivity contribution in [3.63, 3.8) is 0 Å². The Hall–Kier alpha value is -3.66. The Bertz CT molecular complexity index is 1130. The van der Waals surface area contributed by atoms with Gasteiger partial charge in [0.1, 0.15) is 11.4 Å². The zero-order valence-electron chi connectivity index (χ0n) is 21.0. The summed E-state index contributed by atoms with van der Waals surface area (Å²) in [6.07, 6.45) is 4.76. The third-order valence-electron chi connectivity index (χ3n) is 5.98. The number of carbonyl (C=O) groups excluding carboxylic acids is 1. The first-order valence-corrected chi connectivity index (χ1v) is 12.4. The number of methoxy groups -OCH3 is 1. The molecule has 1 heterocycles. The molecule has 0 radical (unpaired) electrons. The van der Waals surface area contributed by atoms with Gasteiger partial charge in [0.05, 0.1) is 24.2 Å². The number of rotatable bonds is 13. The van der Waals surface area contributed by atoms with Gasteiger partial charge in [-0.3, -0.25) is 4.79 Å². The lowest BCUT2D eigenvalue weighted by atomic mass is 10.0. The van der Waals surface area contributed by atoms with E-state index in [0.717, 1.165) is 55.6 Å². The standard InChI is InChI=1S/C28H35N5O2/c1-4-6-18-33(19-7-5-2)27-26(31-24-10-8-9-11-25(24)32-27)23(20-29)28(34)30-17-16-21-12-14-22(35-3)15-13-21/h8-15,23H,4-7,16-19H2,1-3H3,(H,30,34)/t23-/m0/s1. The van der Waals surface area contributed by atoms with E-state index in [1.807, 2.05) is 48.5 Å². The highest BCUT2D eigenvalue weighted by Crippen LogP contribution is 2.28. The second kappa shape index (κ2) is 13.3. The molecule has 3 rings (SSSR count). The first-order chi connectivity index (χ1) is 17.1. The molecule has 35 heavy (non-hydrogen) atoms. The van der Waals surface area contributed by atoms with Crippen molar-refractivity contribution >= 4 is 22.8 Å². The molecule has 0 unspecified atom stereocenters. The highest BCUT2D eigenvalue weighted by atomic mass is 16.5. The number of hydrogen-bond donors (Lipinski definition) is 1. The number of nitrogens with zero attached hydrogens (tertiary/aromatic N) is 4. The van der Waals surface area contributed by atoms with Crippen LogP contribution >= 0.6 is 0 Å². The molecule has 0 spiro atoms. The van der Waals surface area contributed by atoms with Crippen LogP contribution < -0.4 is 15.0 Å². The molecule has 0 bridgehead atoms. The van der Waals surface area contributed by atoms with Crippen LogP contribution in [0.2, 0.25) is 0 Å². The fourth-order valence-corrected chi connectivity index (χ4v) is 3.92. The number of para-hydroxylation sites is 2. The smallest absolute Gasteiger partial charge is 0.243 e. The highest BCUT2D eigenvalue weighted by molar-refractivity contribution is 5.88. The van der Waals surface area contributed by atoms with Crippen LogP contribution in [0.3, 0.4) is 0 Å². The number of hydrogen-bond acceptors (Lipinski definition) is 6. The van der Waals surface area contributed by atoms with E-state index in [1.165, 1.54) is 0 Å². The van der Waals surface area contributed by atoms with Crippen LogP contribution in [0.15, 0.2) is 48.5 Å². The molecule has 0 saturated heterocycles. The summed E-state index contributed by atoms with van der Waals surface area (Å²) < 4.78 is 5.19. The van der Waals surface area contributed by atoms with Crippen molar-refractivity contribution in [2.45, 2.75) is 51.9 Å². The number of aromatic nitrogens is 2. The van der Waals surface area contributed by atoms with Crippen LogP contribution in [-0.4, -0.2) is 42.6 Å². The molecule has 1 aromatic heterocycles. The van der Waals surface area contributed by atoms with Crippen molar-refractivity contribution in [1.29, 1.82) is 5.26 Å². The predicted molar refractivity (Wildman–Crippen MR) is 140 cm³/mol. The van der Waals surface area contributed by atoms with Crippen LogP contribution in [0.4, 0.5) is 5.82 Å². The monoisotopic (exact) mass is 473 g/mol. The number of carbonyl (C=O) groups is 1. The van der Waals surface area contributed by atoms with E-state index in [9.17, 15) is 10.1 Å². The van der Waals surface area contributed by atoms with Crippen molar-refractivity contribution < 1.29 is 9.53 Å². The molecule has 2 aromatic carbocycles. The average molecular weight is 474 g/mol. The molecule has 0 fully saturated rings. The molecule has 3 aromatic rings. The molecular formula is C28H35N5O2. The molecule has 0 aliphatic heterocycles. The second-order valence-electron chi connectivity index (χ2n) is 8.57. The first-order valence-electron chi connectivity index (χ1n) is 12.4. The van der Waals surface area contributed by atoms with Crippen molar-refractivity contribution in [1.82, 2.24) is 15.3 Å². The Labute approximate surface area is 208 Å². The lowest BCUT2D eigenvalue weighted by Crippen LogP contribution is -2.34. The number of fused-ring (bicyclic) bond motifs is 1. The number of amides is 1. The normalized spacial score (nSPS) is 11.6. The fourth-order valence-electron chi connectivity index (χ4n) is 3.92. The Morgan fingerprint density at radius 3 is 2.23 bits per heavy atom. The summed E-state index contributed by atoms with van der Waals surface area (Å²) in [5.41, 5.74) is 2.96. The van der Waals surface area contributed by atoms with Crippen LogP contribution in [0, 0.1) is 11.3 Å². The summed E-state index contributed by atoms with van der Waals surface area (Å²) in [6, 6.07) is 17.5. The molecule has 0 saturated carbocycles. The highest BCUT2D eigenvalue weighted by Gasteiger charge is 2.28. The quantitative estimate of drug-likeness (QED) is 0.375. The number of ether oxygens (including phenoxy) is 1. The number of benzene rings is 2. The lowest BCUT2D eigenvalue weighted by Gasteiger charge is -2.26. The maximum atomic E-state index is 13.2. The number of unbranched alkanes of at least 4 members (excludes halogenated alkanes) is 2. The van der Waals surface area contributed by atoms with Crippen LogP contribution in [0.25, 0.3) is 11.0 Å². The minimum absolute atomic E-state index is 0.349. The Balaban J connectivity index is 1.86. The fraction of sp³-hybridized carbons (Fsp3) is 0.429. The van der Waals surface area contributed by atoms with Gasteiger partial charge in [-0.15, -0.1) is 0 Å². The van der Waals surface area contributed by atoms with E-state index in [1.54, 1.807) is 7.11 Å². The van der Waals surface area contributed by atoms with Gasteiger partial charge in [-0.1, -0.05) is 51.0 Å². The maximum Gasteiger partial charge on any atom is 0.243 e. The van der Waals surface area contributed by atoms with E-state index >= 15 is 0 Å². The molecule has 7 nitrogen and oxygen atoms in total. The number of nitrogens with one attached hydrogen (secondary N) is 1. The van der Waals surface area contributed by atoms with Gasteiger partial charge in [0.25, 0.3) is 0 Å². The molecule has 0 aliphatic rings.